The third-order valence-corrected chi connectivity index (χ3v) is 5.50. The number of benzene rings is 1. The molecule has 4 rings (SSSR count). The molecule has 0 radical (unpaired) electrons. The number of ether oxygens (including phenoxy) is 1. The topological polar surface area (TPSA) is 63.8 Å². The van der Waals surface area contributed by atoms with E-state index in [9.17, 15) is 9.90 Å². The summed E-state index contributed by atoms with van der Waals surface area (Å²) in [6.45, 7) is 2.04. The van der Waals surface area contributed by atoms with E-state index in [1.54, 1.807) is 16.7 Å². The molecule has 0 saturated heterocycles. The fraction of sp³-hybridized carbons (Fsp3) is 0.300. The van der Waals surface area contributed by atoms with Gasteiger partial charge in [0.25, 0.3) is 0 Å². The summed E-state index contributed by atoms with van der Waals surface area (Å²) < 4.78 is 7.87. The zero-order valence-corrected chi connectivity index (χ0v) is 15.3. The van der Waals surface area contributed by atoms with Crippen LogP contribution < -0.4 is 4.74 Å². The van der Waals surface area contributed by atoms with Gasteiger partial charge in [-0.1, -0.05) is 18.2 Å². The van der Waals surface area contributed by atoms with Crippen LogP contribution in [-0.2, 0) is 0 Å². The number of aromatic carboxylic acids is 1. The quantitative estimate of drug-likeness (QED) is 0.696. The van der Waals surface area contributed by atoms with Gasteiger partial charge in [-0.25, -0.2) is 9.78 Å². The van der Waals surface area contributed by atoms with Crippen LogP contribution in [0.1, 0.15) is 53.0 Å². The minimum Gasteiger partial charge on any atom is -0.490 e. The Morgan fingerprint density at radius 1 is 1.35 bits per heavy atom. The minimum absolute atomic E-state index is 0.184. The number of rotatable bonds is 5. The van der Waals surface area contributed by atoms with Crippen LogP contribution in [0.15, 0.2) is 29.8 Å². The Morgan fingerprint density at radius 3 is 2.92 bits per heavy atom. The molecule has 134 valence electrons. The minimum atomic E-state index is -0.984. The van der Waals surface area contributed by atoms with E-state index in [4.69, 9.17) is 4.74 Å². The van der Waals surface area contributed by atoms with E-state index in [0.29, 0.717) is 10.7 Å². The van der Waals surface area contributed by atoms with Crippen molar-refractivity contribution in [3.8, 4) is 5.75 Å². The fourth-order valence-electron chi connectivity index (χ4n) is 3.44. The predicted octanol–water partition coefficient (Wildman–Crippen LogP) is 4.89. The lowest BCUT2D eigenvalue weighted by Crippen LogP contribution is -2.12. The summed E-state index contributed by atoms with van der Waals surface area (Å²) in [5.41, 5.74) is 2.68. The third kappa shape index (κ3) is 3.12. The van der Waals surface area contributed by atoms with Gasteiger partial charge in [0.15, 0.2) is 10.7 Å². The Kier molecular flexibility index (Phi) is 4.51. The van der Waals surface area contributed by atoms with E-state index in [1.807, 2.05) is 36.6 Å². The average molecular weight is 368 g/mol. The molecule has 0 amide bonds. The van der Waals surface area contributed by atoms with Gasteiger partial charge in [-0.15, -0.1) is 11.3 Å². The number of aryl methyl sites for hydroxylation is 1. The molecule has 1 aliphatic rings. The van der Waals surface area contributed by atoms with Crippen molar-refractivity contribution in [3.05, 3.63) is 52.3 Å². The van der Waals surface area contributed by atoms with Crippen LogP contribution in [0.2, 0.25) is 0 Å². The van der Waals surface area contributed by atoms with Gasteiger partial charge in [-0.2, -0.15) is 0 Å². The molecule has 1 aliphatic carbocycles. The summed E-state index contributed by atoms with van der Waals surface area (Å²) in [6, 6.07) is 6.02. The van der Waals surface area contributed by atoms with Gasteiger partial charge in [-0.05, 0) is 50.3 Å². The van der Waals surface area contributed by atoms with Crippen molar-refractivity contribution < 1.29 is 14.6 Å². The molecule has 26 heavy (non-hydrogen) atoms. The first kappa shape index (κ1) is 16.8. The molecule has 1 N–H and O–H groups in total. The average Bonchev–Trinajstić information content (AvgIpc) is 3.31. The lowest BCUT2D eigenvalue weighted by molar-refractivity contribution is 0.0689. The van der Waals surface area contributed by atoms with Crippen LogP contribution >= 0.6 is 11.3 Å². The van der Waals surface area contributed by atoms with Crippen molar-refractivity contribution in [3.63, 3.8) is 0 Å². The summed E-state index contributed by atoms with van der Waals surface area (Å²) in [7, 11) is 0. The monoisotopic (exact) mass is 368 g/mol. The molecular formula is C20H20N2O3S. The second kappa shape index (κ2) is 6.96. The van der Waals surface area contributed by atoms with Crippen molar-refractivity contribution >= 4 is 34.4 Å². The maximum Gasteiger partial charge on any atom is 0.355 e. The molecule has 0 bridgehead atoms. The normalized spacial score (nSPS) is 15.3. The Bertz CT molecular complexity index is 980. The molecule has 1 saturated carbocycles. The smallest absolute Gasteiger partial charge is 0.355 e. The highest BCUT2D eigenvalue weighted by Crippen LogP contribution is 2.31. The first-order valence-corrected chi connectivity index (χ1v) is 9.64. The first-order chi connectivity index (χ1) is 12.6. The molecule has 5 nitrogen and oxygen atoms in total. The lowest BCUT2D eigenvalue weighted by Gasteiger charge is -2.17. The number of carboxylic acid groups (broad SMARTS) is 1. The van der Waals surface area contributed by atoms with E-state index < -0.39 is 5.97 Å². The van der Waals surface area contributed by atoms with Gasteiger partial charge in [-0.3, -0.25) is 4.40 Å². The number of imidazole rings is 1. The maximum atomic E-state index is 11.6. The maximum absolute atomic E-state index is 11.6. The number of aromatic nitrogens is 2. The highest BCUT2D eigenvalue weighted by molar-refractivity contribution is 7.15. The van der Waals surface area contributed by atoms with Crippen molar-refractivity contribution in [1.82, 2.24) is 9.38 Å². The second-order valence-electron chi connectivity index (χ2n) is 6.56. The number of para-hydroxylation sites is 1. The van der Waals surface area contributed by atoms with Gasteiger partial charge in [0.1, 0.15) is 5.75 Å². The summed E-state index contributed by atoms with van der Waals surface area (Å²) in [4.78, 5) is 16.8. The number of nitrogens with zero attached hydrogens (tertiary/aromatic N) is 2. The van der Waals surface area contributed by atoms with Crippen LogP contribution in [-0.4, -0.2) is 26.6 Å². The molecule has 0 aliphatic heterocycles. The number of hydrogen-bond donors (Lipinski definition) is 1. The number of thiazole rings is 1. The van der Waals surface area contributed by atoms with Crippen LogP contribution in [0, 0.1) is 6.92 Å². The fourth-order valence-corrected chi connectivity index (χ4v) is 4.16. The van der Waals surface area contributed by atoms with Gasteiger partial charge in [0, 0.05) is 17.1 Å². The number of fused-ring (bicyclic) bond motifs is 1. The molecule has 0 unspecified atom stereocenters. The van der Waals surface area contributed by atoms with Crippen LogP contribution in [0.5, 0.6) is 5.75 Å². The molecule has 3 aromatic rings. The molecule has 2 heterocycles. The van der Waals surface area contributed by atoms with E-state index >= 15 is 0 Å². The Labute approximate surface area is 155 Å². The molecule has 1 fully saturated rings. The van der Waals surface area contributed by atoms with Gasteiger partial charge in [0.2, 0.25) is 0 Å². The van der Waals surface area contributed by atoms with E-state index in [-0.39, 0.29) is 11.8 Å². The molecule has 0 atom stereocenters. The Hall–Kier alpha value is -2.60. The summed E-state index contributed by atoms with van der Waals surface area (Å²) in [5.74, 6) is -0.101. The molecule has 2 aromatic heterocycles. The Morgan fingerprint density at radius 2 is 2.15 bits per heavy atom. The SMILES string of the molecule is Cc1cccc(C=Cc2nc3sccn3c2C(=O)O)c1OC1CCCC1. The zero-order valence-electron chi connectivity index (χ0n) is 14.5. The number of carboxylic acids is 1. The van der Waals surface area contributed by atoms with Crippen molar-refractivity contribution in [2.45, 2.75) is 38.7 Å². The van der Waals surface area contributed by atoms with E-state index in [1.165, 1.54) is 24.2 Å². The summed E-state index contributed by atoms with van der Waals surface area (Å²) >= 11 is 1.42. The van der Waals surface area contributed by atoms with E-state index in [0.717, 1.165) is 29.7 Å². The van der Waals surface area contributed by atoms with Crippen molar-refractivity contribution in [2.24, 2.45) is 0 Å². The molecular weight excluding hydrogens is 348 g/mol. The van der Waals surface area contributed by atoms with Crippen molar-refractivity contribution in [1.29, 1.82) is 0 Å². The van der Waals surface area contributed by atoms with Crippen LogP contribution in [0.25, 0.3) is 17.1 Å². The van der Waals surface area contributed by atoms with Gasteiger partial charge < -0.3 is 9.84 Å². The highest BCUT2D eigenvalue weighted by atomic mass is 32.1. The van der Waals surface area contributed by atoms with Crippen molar-refractivity contribution in [2.75, 3.05) is 0 Å². The first-order valence-electron chi connectivity index (χ1n) is 8.76. The molecule has 1 aromatic carbocycles. The third-order valence-electron chi connectivity index (χ3n) is 4.74. The zero-order chi connectivity index (χ0) is 18.1. The Balaban J connectivity index is 1.69. The largest absolute Gasteiger partial charge is 0.490 e. The molecule has 6 heteroatoms. The lowest BCUT2D eigenvalue weighted by atomic mass is 10.1. The van der Waals surface area contributed by atoms with E-state index in [2.05, 4.69) is 4.98 Å². The standard InChI is InChI=1S/C20H20N2O3S/c1-13-5-4-6-14(18(13)25-15-7-2-3-8-15)9-10-16-17(19(23)24)22-11-12-26-20(22)21-16/h4-6,9-12,15H,2-3,7-8H2,1H3,(H,23,24). The van der Waals surface area contributed by atoms with Gasteiger partial charge >= 0.3 is 5.97 Å². The van der Waals surface area contributed by atoms with Crippen LogP contribution in [0.4, 0.5) is 0 Å². The number of carbonyl (C=O) groups is 1. The van der Waals surface area contributed by atoms with Crippen LogP contribution in [0.3, 0.4) is 0 Å². The predicted molar refractivity (Wildman–Crippen MR) is 103 cm³/mol. The van der Waals surface area contributed by atoms with Gasteiger partial charge in [0.05, 0.1) is 11.8 Å². The molecule has 0 spiro atoms. The summed E-state index contributed by atoms with van der Waals surface area (Å²) in [5, 5.41) is 11.4. The second-order valence-corrected chi connectivity index (χ2v) is 7.43. The highest BCUT2D eigenvalue weighted by Gasteiger charge is 2.20. The summed E-state index contributed by atoms with van der Waals surface area (Å²) in [6.07, 6.45) is 10.3. The number of hydrogen-bond acceptors (Lipinski definition) is 4.